The molecule has 0 saturated carbocycles. The highest BCUT2D eigenvalue weighted by molar-refractivity contribution is 6.02. The van der Waals surface area contributed by atoms with Gasteiger partial charge in [-0.1, -0.05) is 58.6 Å². The van der Waals surface area contributed by atoms with Gasteiger partial charge in [-0.2, -0.15) is 0 Å². The highest BCUT2D eigenvalue weighted by Gasteiger charge is 2.21. The number of hydrogen-bond acceptors (Lipinski definition) is 3. The van der Waals surface area contributed by atoms with Gasteiger partial charge in [0.25, 0.3) is 0 Å². The van der Waals surface area contributed by atoms with E-state index in [4.69, 9.17) is 4.74 Å². The van der Waals surface area contributed by atoms with Crippen LogP contribution in [0.4, 0.5) is 0 Å². The number of carbonyl (C=O) groups is 2. The fraction of sp³-hybridized carbons (Fsp3) is 0.600. The van der Waals surface area contributed by atoms with Gasteiger partial charge in [-0.15, -0.1) is 0 Å². The Morgan fingerprint density at radius 2 is 1.67 bits per heavy atom. The summed E-state index contributed by atoms with van der Waals surface area (Å²) in [6.07, 6.45) is 7.31. The van der Waals surface area contributed by atoms with Gasteiger partial charge >= 0.3 is 11.9 Å². The summed E-state index contributed by atoms with van der Waals surface area (Å²) in [5.74, 6) is -1.22. The number of hydrogen-bond donors (Lipinski definition) is 1. The van der Waals surface area contributed by atoms with Gasteiger partial charge in [0.1, 0.15) is 6.10 Å². The van der Waals surface area contributed by atoms with Crippen molar-refractivity contribution in [2.45, 2.75) is 71.8 Å². The average molecular weight is 334 g/mol. The molecule has 0 aliphatic rings. The molecule has 0 aliphatic carbocycles. The molecule has 4 nitrogen and oxygen atoms in total. The molecule has 0 bridgehead atoms. The molecule has 1 N–H and O–H groups in total. The molecule has 1 aromatic carbocycles. The van der Waals surface area contributed by atoms with E-state index >= 15 is 0 Å². The van der Waals surface area contributed by atoms with Gasteiger partial charge in [-0.05, 0) is 37.3 Å². The molecule has 0 spiro atoms. The smallest absolute Gasteiger partial charge is 0.339 e. The van der Waals surface area contributed by atoms with Crippen molar-refractivity contribution in [1.29, 1.82) is 0 Å². The van der Waals surface area contributed by atoms with E-state index in [9.17, 15) is 14.7 Å². The van der Waals surface area contributed by atoms with E-state index in [1.165, 1.54) is 31.4 Å². The summed E-state index contributed by atoms with van der Waals surface area (Å²) >= 11 is 0. The number of aromatic carboxylic acids is 1. The lowest BCUT2D eigenvalue weighted by atomic mass is 10.00. The van der Waals surface area contributed by atoms with E-state index in [0.29, 0.717) is 5.92 Å². The van der Waals surface area contributed by atoms with Gasteiger partial charge in [0.2, 0.25) is 0 Å². The van der Waals surface area contributed by atoms with Gasteiger partial charge in [0.15, 0.2) is 0 Å². The van der Waals surface area contributed by atoms with E-state index in [2.05, 4.69) is 20.8 Å². The lowest BCUT2D eigenvalue weighted by Gasteiger charge is -2.20. The molecule has 1 aromatic rings. The van der Waals surface area contributed by atoms with Crippen LogP contribution in [0, 0.1) is 5.92 Å². The van der Waals surface area contributed by atoms with Crippen molar-refractivity contribution >= 4 is 11.9 Å². The molecule has 4 heteroatoms. The Kier molecular flexibility index (Phi) is 9.13. The molecule has 0 fully saturated rings. The first-order valence-corrected chi connectivity index (χ1v) is 8.99. The summed E-state index contributed by atoms with van der Waals surface area (Å²) in [6.45, 7) is 6.38. The van der Waals surface area contributed by atoms with Gasteiger partial charge in [-0.25, -0.2) is 9.59 Å². The molecule has 0 radical (unpaired) electrons. The van der Waals surface area contributed by atoms with Crippen LogP contribution >= 0.6 is 0 Å². The number of unbranched alkanes of at least 4 members (excludes halogenated alkanes) is 4. The normalized spacial score (nSPS) is 12.2. The van der Waals surface area contributed by atoms with Crippen LogP contribution in [0.25, 0.3) is 0 Å². The molecule has 1 rings (SSSR count). The second-order valence-electron chi connectivity index (χ2n) is 6.71. The summed E-state index contributed by atoms with van der Waals surface area (Å²) in [4.78, 5) is 23.7. The molecule has 0 amide bonds. The molecular formula is C20H30O4. The Balaban J connectivity index is 2.68. The lowest BCUT2D eigenvalue weighted by Crippen LogP contribution is -2.22. The number of carbonyl (C=O) groups excluding carboxylic acids is 1. The SMILES string of the molecule is CCCCCCCC(CC(C)C)OC(=O)c1ccccc1C(=O)O. The summed E-state index contributed by atoms with van der Waals surface area (Å²) in [7, 11) is 0. The topological polar surface area (TPSA) is 63.6 Å². The largest absolute Gasteiger partial charge is 0.478 e. The van der Waals surface area contributed by atoms with Gasteiger partial charge in [-0.3, -0.25) is 0 Å². The van der Waals surface area contributed by atoms with Crippen molar-refractivity contribution in [2.75, 3.05) is 0 Å². The molecule has 0 aliphatic heterocycles. The van der Waals surface area contributed by atoms with Gasteiger partial charge < -0.3 is 9.84 Å². The second-order valence-corrected chi connectivity index (χ2v) is 6.71. The third kappa shape index (κ3) is 7.16. The molecule has 134 valence electrons. The van der Waals surface area contributed by atoms with Crippen molar-refractivity contribution < 1.29 is 19.4 Å². The first kappa shape index (κ1) is 20.2. The molecule has 0 saturated heterocycles. The van der Waals surface area contributed by atoms with Gasteiger partial charge in [0, 0.05) is 0 Å². The Labute approximate surface area is 145 Å². The quantitative estimate of drug-likeness (QED) is 0.439. The van der Waals surface area contributed by atoms with Crippen LogP contribution < -0.4 is 0 Å². The maximum Gasteiger partial charge on any atom is 0.339 e. The lowest BCUT2D eigenvalue weighted by molar-refractivity contribution is 0.0220. The number of rotatable bonds is 11. The molecule has 1 unspecified atom stereocenters. The summed E-state index contributed by atoms with van der Waals surface area (Å²) in [6, 6.07) is 6.21. The Hall–Kier alpha value is -1.84. The van der Waals surface area contributed by atoms with E-state index in [1.807, 2.05) is 0 Å². The number of carboxylic acid groups (broad SMARTS) is 1. The first-order valence-electron chi connectivity index (χ1n) is 8.99. The molecule has 0 heterocycles. The van der Waals surface area contributed by atoms with E-state index in [1.54, 1.807) is 12.1 Å². The predicted molar refractivity (Wildman–Crippen MR) is 95.4 cm³/mol. The maximum absolute atomic E-state index is 12.4. The van der Waals surface area contributed by atoms with Gasteiger partial charge in [0.05, 0.1) is 11.1 Å². The number of ether oxygens (including phenoxy) is 1. The fourth-order valence-electron chi connectivity index (χ4n) is 2.79. The van der Waals surface area contributed by atoms with Crippen LogP contribution in [-0.4, -0.2) is 23.1 Å². The molecule has 0 aromatic heterocycles. The maximum atomic E-state index is 12.4. The van der Waals surface area contributed by atoms with Crippen LogP contribution in [0.15, 0.2) is 24.3 Å². The molecule has 1 atom stereocenters. The highest BCUT2D eigenvalue weighted by atomic mass is 16.5. The molecular weight excluding hydrogens is 304 g/mol. The van der Waals surface area contributed by atoms with Crippen molar-refractivity contribution in [3.63, 3.8) is 0 Å². The minimum Gasteiger partial charge on any atom is -0.478 e. The average Bonchev–Trinajstić information content (AvgIpc) is 2.53. The van der Waals surface area contributed by atoms with E-state index < -0.39 is 11.9 Å². The second kappa shape index (κ2) is 10.8. The summed E-state index contributed by atoms with van der Waals surface area (Å²) in [5, 5.41) is 9.21. The number of carboxylic acids is 1. The van der Waals surface area contributed by atoms with Crippen LogP contribution in [0.3, 0.4) is 0 Å². The zero-order valence-electron chi connectivity index (χ0n) is 15.1. The first-order chi connectivity index (χ1) is 11.5. The van der Waals surface area contributed by atoms with Crippen molar-refractivity contribution in [1.82, 2.24) is 0 Å². The number of esters is 1. The van der Waals surface area contributed by atoms with E-state index in [0.717, 1.165) is 25.7 Å². The predicted octanol–water partition coefficient (Wildman–Crippen LogP) is 5.32. The molecule has 24 heavy (non-hydrogen) atoms. The van der Waals surface area contributed by atoms with Crippen LogP contribution in [0.5, 0.6) is 0 Å². The fourth-order valence-corrected chi connectivity index (χ4v) is 2.79. The minimum atomic E-state index is -1.11. The Morgan fingerprint density at radius 3 is 2.25 bits per heavy atom. The number of benzene rings is 1. The Bertz CT molecular complexity index is 522. The highest BCUT2D eigenvalue weighted by Crippen LogP contribution is 2.19. The standard InChI is InChI=1S/C20H30O4/c1-4-5-6-7-8-11-16(14-15(2)3)24-20(23)18-13-10-9-12-17(18)19(21)22/h9-10,12-13,15-16H,4-8,11,14H2,1-3H3,(H,21,22). The Morgan fingerprint density at radius 1 is 1.04 bits per heavy atom. The van der Waals surface area contributed by atoms with Crippen LogP contribution in [-0.2, 0) is 4.74 Å². The van der Waals surface area contributed by atoms with Crippen LogP contribution in [0.1, 0.15) is 86.4 Å². The third-order valence-electron chi connectivity index (χ3n) is 4.02. The zero-order chi connectivity index (χ0) is 17.9. The minimum absolute atomic E-state index is 0.00579. The summed E-state index contributed by atoms with van der Waals surface area (Å²) < 4.78 is 5.64. The van der Waals surface area contributed by atoms with Crippen molar-refractivity contribution in [3.05, 3.63) is 35.4 Å². The summed E-state index contributed by atoms with van der Waals surface area (Å²) in [5.41, 5.74) is 0.124. The third-order valence-corrected chi connectivity index (χ3v) is 4.02. The van der Waals surface area contributed by atoms with Crippen molar-refractivity contribution in [2.24, 2.45) is 5.92 Å². The van der Waals surface area contributed by atoms with E-state index in [-0.39, 0.29) is 17.2 Å². The van der Waals surface area contributed by atoms with Crippen LogP contribution in [0.2, 0.25) is 0 Å². The zero-order valence-corrected chi connectivity index (χ0v) is 15.1. The monoisotopic (exact) mass is 334 g/mol. The van der Waals surface area contributed by atoms with Crippen molar-refractivity contribution in [3.8, 4) is 0 Å².